The van der Waals surface area contributed by atoms with Crippen molar-refractivity contribution in [3.05, 3.63) is 0 Å². The molecule has 3 nitrogen and oxygen atoms in total. The topological polar surface area (TPSA) is 29.5 Å². The summed E-state index contributed by atoms with van der Waals surface area (Å²) in [6.07, 6.45) is 1.90. The van der Waals surface area contributed by atoms with Crippen molar-refractivity contribution in [3.63, 3.8) is 0 Å². The lowest BCUT2D eigenvalue weighted by atomic mass is 9.88. The van der Waals surface area contributed by atoms with E-state index in [-0.39, 0.29) is 17.0 Å². The van der Waals surface area contributed by atoms with E-state index in [2.05, 4.69) is 13.8 Å². The molecule has 1 rings (SSSR count). The molecule has 1 aliphatic rings. The maximum absolute atomic E-state index is 10.9. The Kier molecular flexibility index (Phi) is 2.52. The molecular weight excluding hydrogens is 166 g/mol. The number of rotatable bonds is 2. The van der Waals surface area contributed by atoms with E-state index in [4.69, 9.17) is 4.84 Å². The van der Waals surface area contributed by atoms with Gasteiger partial charge in [0, 0.05) is 11.5 Å². The highest BCUT2D eigenvalue weighted by Gasteiger charge is 2.52. The smallest absolute Gasteiger partial charge is 0.125 e. The molecule has 3 heteroatoms. The summed E-state index contributed by atoms with van der Waals surface area (Å²) < 4.78 is 0. The molecule has 1 unspecified atom stereocenters. The lowest BCUT2D eigenvalue weighted by molar-refractivity contribution is -0.222. The maximum Gasteiger partial charge on any atom is 0.125 e. The number of hydrogen-bond donors (Lipinski definition) is 0. The van der Waals surface area contributed by atoms with Crippen molar-refractivity contribution in [2.75, 3.05) is 7.11 Å². The zero-order valence-corrected chi connectivity index (χ0v) is 9.13. The van der Waals surface area contributed by atoms with Crippen LogP contribution in [0.2, 0.25) is 0 Å². The Bertz CT molecular complexity index is 211. The van der Waals surface area contributed by atoms with Crippen LogP contribution >= 0.6 is 0 Å². The average molecular weight is 185 g/mol. The first-order valence-electron chi connectivity index (χ1n) is 4.66. The minimum Gasteiger partial charge on any atom is -0.303 e. The van der Waals surface area contributed by atoms with Crippen LogP contribution in [0.3, 0.4) is 0 Å². The molecule has 0 aromatic rings. The quantitative estimate of drug-likeness (QED) is 0.612. The van der Waals surface area contributed by atoms with E-state index in [0.29, 0.717) is 0 Å². The number of hydrogen-bond acceptors (Lipinski definition) is 3. The van der Waals surface area contributed by atoms with Gasteiger partial charge in [0.25, 0.3) is 0 Å². The molecule has 1 saturated heterocycles. The Morgan fingerprint density at radius 3 is 2.15 bits per heavy atom. The molecule has 0 aromatic heterocycles. The van der Waals surface area contributed by atoms with Crippen LogP contribution in [0.15, 0.2) is 0 Å². The second-order valence-corrected chi connectivity index (χ2v) is 4.89. The Hall–Kier alpha value is -0.410. The third-order valence-corrected chi connectivity index (χ3v) is 3.05. The van der Waals surface area contributed by atoms with Crippen LogP contribution in [0.5, 0.6) is 0 Å². The van der Waals surface area contributed by atoms with Crippen molar-refractivity contribution >= 4 is 6.29 Å². The van der Waals surface area contributed by atoms with E-state index in [9.17, 15) is 4.79 Å². The summed E-state index contributed by atoms with van der Waals surface area (Å²) in [6, 6.07) is 0. The van der Waals surface area contributed by atoms with E-state index in [1.807, 2.05) is 18.9 Å². The van der Waals surface area contributed by atoms with Crippen LogP contribution in [0.4, 0.5) is 0 Å². The van der Waals surface area contributed by atoms with Gasteiger partial charge in [-0.25, -0.2) is 0 Å². The summed E-state index contributed by atoms with van der Waals surface area (Å²) >= 11 is 0. The summed E-state index contributed by atoms with van der Waals surface area (Å²) in [5.74, 6) is 0.0578. The van der Waals surface area contributed by atoms with Gasteiger partial charge in [-0.15, -0.1) is 0 Å². The Balaban J connectivity index is 2.98. The van der Waals surface area contributed by atoms with Crippen LogP contribution in [0.1, 0.15) is 34.1 Å². The molecule has 0 spiro atoms. The van der Waals surface area contributed by atoms with Crippen LogP contribution in [-0.4, -0.2) is 29.5 Å². The molecule has 0 aliphatic carbocycles. The highest BCUT2D eigenvalue weighted by Crippen LogP contribution is 2.43. The molecule has 1 atom stereocenters. The predicted molar refractivity (Wildman–Crippen MR) is 51.2 cm³/mol. The van der Waals surface area contributed by atoms with Crippen molar-refractivity contribution < 1.29 is 9.63 Å². The molecule has 76 valence electrons. The highest BCUT2D eigenvalue weighted by molar-refractivity contribution is 5.57. The predicted octanol–water partition coefficient (Wildman–Crippen LogP) is 1.63. The maximum atomic E-state index is 10.9. The van der Waals surface area contributed by atoms with Gasteiger partial charge >= 0.3 is 0 Å². The Morgan fingerprint density at radius 2 is 1.92 bits per heavy atom. The molecule has 0 N–H and O–H groups in total. The molecule has 0 bridgehead atoms. The first-order valence-corrected chi connectivity index (χ1v) is 4.66. The zero-order valence-electron chi connectivity index (χ0n) is 9.13. The van der Waals surface area contributed by atoms with E-state index in [1.54, 1.807) is 7.11 Å². The molecule has 0 aromatic carbocycles. The number of aldehydes is 1. The third-order valence-electron chi connectivity index (χ3n) is 3.05. The van der Waals surface area contributed by atoms with Crippen LogP contribution in [-0.2, 0) is 9.63 Å². The minimum absolute atomic E-state index is 0.0518. The molecule has 0 saturated carbocycles. The zero-order chi connectivity index (χ0) is 10.3. The van der Waals surface area contributed by atoms with Gasteiger partial charge in [0.05, 0.1) is 12.6 Å². The normalized spacial score (nSPS) is 31.9. The summed E-state index contributed by atoms with van der Waals surface area (Å²) in [5.41, 5.74) is -0.246. The highest BCUT2D eigenvalue weighted by atomic mass is 16.7. The fourth-order valence-electron chi connectivity index (χ4n) is 2.50. The molecular formula is C10H19NO2. The lowest BCUT2D eigenvalue weighted by Crippen LogP contribution is -2.48. The number of nitrogens with zero attached hydrogens (tertiary/aromatic N) is 1. The molecule has 1 aliphatic heterocycles. The first kappa shape index (κ1) is 10.7. The number of hydroxylamine groups is 2. The number of carbonyl (C=O) groups excluding carboxylic acids is 1. The van der Waals surface area contributed by atoms with Gasteiger partial charge in [-0.3, -0.25) is 0 Å². The van der Waals surface area contributed by atoms with Crippen molar-refractivity contribution in [2.45, 2.75) is 45.2 Å². The van der Waals surface area contributed by atoms with Crippen molar-refractivity contribution in [1.29, 1.82) is 0 Å². The van der Waals surface area contributed by atoms with Crippen LogP contribution in [0, 0.1) is 5.92 Å². The van der Waals surface area contributed by atoms with E-state index in [0.717, 1.165) is 12.7 Å². The van der Waals surface area contributed by atoms with Crippen molar-refractivity contribution in [2.24, 2.45) is 5.92 Å². The first-order chi connectivity index (χ1) is 5.86. The van der Waals surface area contributed by atoms with E-state index >= 15 is 0 Å². The van der Waals surface area contributed by atoms with E-state index < -0.39 is 0 Å². The fourth-order valence-corrected chi connectivity index (χ4v) is 2.50. The van der Waals surface area contributed by atoms with Gasteiger partial charge in [0.15, 0.2) is 0 Å². The summed E-state index contributed by atoms with van der Waals surface area (Å²) in [5, 5.41) is 1.93. The Labute approximate surface area is 80.0 Å². The van der Waals surface area contributed by atoms with Gasteiger partial charge < -0.3 is 9.63 Å². The number of carbonyl (C=O) groups is 1. The molecule has 13 heavy (non-hydrogen) atoms. The minimum atomic E-state index is -0.194. The standard InChI is InChI=1S/C10H19NO2/c1-9(2)6-8(7-12)10(3,4)11(9)13-5/h7-8H,6H2,1-5H3. The van der Waals surface area contributed by atoms with Crippen molar-refractivity contribution in [3.8, 4) is 0 Å². The average Bonchev–Trinajstić information content (AvgIpc) is 2.16. The van der Waals surface area contributed by atoms with Gasteiger partial charge in [0.2, 0.25) is 0 Å². The Morgan fingerprint density at radius 1 is 1.38 bits per heavy atom. The van der Waals surface area contributed by atoms with E-state index in [1.165, 1.54) is 0 Å². The van der Waals surface area contributed by atoms with Gasteiger partial charge in [0.1, 0.15) is 6.29 Å². The summed E-state index contributed by atoms with van der Waals surface area (Å²) in [6.45, 7) is 8.29. The van der Waals surface area contributed by atoms with Gasteiger partial charge in [-0.1, -0.05) is 0 Å². The molecule has 1 heterocycles. The van der Waals surface area contributed by atoms with Crippen LogP contribution < -0.4 is 0 Å². The second kappa shape index (κ2) is 3.07. The van der Waals surface area contributed by atoms with Gasteiger partial charge in [-0.05, 0) is 34.1 Å². The van der Waals surface area contributed by atoms with Crippen molar-refractivity contribution in [1.82, 2.24) is 5.06 Å². The molecule has 0 radical (unpaired) electrons. The molecule has 1 fully saturated rings. The fraction of sp³-hybridized carbons (Fsp3) is 0.900. The van der Waals surface area contributed by atoms with Crippen LogP contribution in [0.25, 0.3) is 0 Å². The SMILES string of the molecule is CON1C(C)(C)CC(C=O)C1(C)C. The second-order valence-electron chi connectivity index (χ2n) is 4.89. The summed E-state index contributed by atoms with van der Waals surface area (Å²) in [7, 11) is 1.66. The monoisotopic (exact) mass is 185 g/mol. The molecule has 0 amide bonds. The van der Waals surface area contributed by atoms with Gasteiger partial charge in [-0.2, -0.15) is 5.06 Å². The largest absolute Gasteiger partial charge is 0.303 e. The third kappa shape index (κ3) is 1.51. The summed E-state index contributed by atoms with van der Waals surface area (Å²) in [4.78, 5) is 16.2. The lowest BCUT2D eigenvalue weighted by Gasteiger charge is -2.38.